The third-order valence-electron chi connectivity index (χ3n) is 6.62. The van der Waals surface area contributed by atoms with Crippen LogP contribution < -0.4 is 5.32 Å². The number of benzene rings is 1. The fourth-order valence-corrected chi connectivity index (χ4v) is 4.59. The van der Waals surface area contributed by atoms with E-state index in [1.165, 1.54) is 13.0 Å². The van der Waals surface area contributed by atoms with Gasteiger partial charge < -0.3 is 10.2 Å². The minimum atomic E-state index is -2.80. The molecule has 2 aromatic heterocycles. The fraction of sp³-hybridized carbons (Fsp3) is 0.407. The molecule has 3 atom stereocenters. The van der Waals surface area contributed by atoms with Crippen molar-refractivity contribution < 1.29 is 27.2 Å². The Morgan fingerprint density at radius 2 is 1.82 bits per heavy atom. The molecule has 202 valence electrons. The van der Waals surface area contributed by atoms with Crippen molar-refractivity contribution in [1.82, 2.24) is 25.0 Å². The van der Waals surface area contributed by atoms with Gasteiger partial charge in [-0.3, -0.25) is 14.3 Å². The third-order valence-corrected chi connectivity index (χ3v) is 6.62. The van der Waals surface area contributed by atoms with E-state index >= 15 is 0 Å². The van der Waals surface area contributed by atoms with Crippen molar-refractivity contribution in [2.75, 3.05) is 6.54 Å². The zero-order valence-electron chi connectivity index (χ0n) is 21.2. The average Bonchev–Trinajstić information content (AvgIpc) is 3.45. The van der Waals surface area contributed by atoms with Crippen LogP contribution in [0.25, 0.3) is 0 Å². The van der Waals surface area contributed by atoms with Gasteiger partial charge in [0.05, 0.1) is 18.3 Å². The number of carbonyl (C=O) groups excluding carboxylic acids is 2. The molecule has 0 spiro atoms. The number of amides is 2. The number of carbonyl (C=O) groups is 2. The first-order valence-electron chi connectivity index (χ1n) is 12.3. The molecule has 38 heavy (non-hydrogen) atoms. The average molecular weight is 532 g/mol. The summed E-state index contributed by atoms with van der Waals surface area (Å²) < 4.78 is 56.3. The summed E-state index contributed by atoms with van der Waals surface area (Å²) in [5.74, 6) is -1.99. The Balaban J connectivity index is 1.57. The molecule has 7 nitrogen and oxygen atoms in total. The summed E-state index contributed by atoms with van der Waals surface area (Å²) in [4.78, 5) is 31.7. The SMILES string of the molecule is Cc1cc(C(F)F)nn1CC(=O)N1C[C@H](F)C[C@H]1C(=O)N[C@@H](c1ccccc1)c1ccc(C(C)C)c(F)n1. The van der Waals surface area contributed by atoms with Crippen LogP contribution in [0.15, 0.2) is 48.5 Å². The lowest BCUT2D eigenvalue weighted by Gasteiger charge is -2.27. The summed E-state index contributed by atoms with van der Waals surface area (Å²) >= 11 is 0. The number of likely N-dealkylation sites (tertiary alicyclic amines) is 1. The summed E-state index contributed by atoms with van der Waals surface area (Å²) in [6, 6.07) is 11.2. The highest BCUT2D eigenvalue weighted by molar-refractivity contribution is 5.88. The predicted molar refractivity (Wildman–Crippen MR) is 132 cm³/mol. The molecule has 0 aliphatic carbocycles. The molecule has 0 saturated carbocycles. The number of halogens is 4. The molecule has 4 rings (SSSR count). The van der Waals surface area contributed by atoms with Crippen molar-refractivity contribution in [3.05, 3.63) is 82.7 Å². The Kier molecular flexibility index (Phi) is 8.13. The second kappa shape index (κ2) is 11.3. The number of aryl methyl sites for hydroxylation is 1. The fourth-order valence-electron chi connectivity index (χ4n) is 4.59. The van der Waals surface area contributed by atoms with E-state index in [-0.39, 0.29) is 24.6 Å². The Labute approximate surface area is 217 Å². The van der Waals surface area contributed by atoms with Crippen LogP contribution in [0.5, 0.6) is 0 Å². The molecule has 0 bridgehead atoms. The molecule has 1 aliphatic heterocycles. The first-order valence-corrected chi connectivity index (χ1v) is 12.3. The maximum Gasteiger partial charge on any atom is 0.282 e. The van der Waals surface area contributed by atoms with Gasteiger partial charge in [-0.05, 0) is 30.5 Å². The minimum absolute atomic E-state index is 0.0870. The van der Waals surface area contributed by atoms with Gasteiger partial charge in [0.15, 0.2) is 0 Å². The highest BCUT2D eigenvalue weighted by atomic mass is 19.3. The molecule has 1 aliphatic rings. The van der Waals surface area contributed by atoms with Crippen molar-refractivity contribution in [2.24, 2.45) is 0 Å². The van der Waals surface area contributed by atoms with E-state index in [1.807, 2.05) is 13.8 Å². The smallest absolute Gasteiger partial charge is 0.282 e. The van der Waals surface area contributed by atoms with Crippen LogP contribution in [0.2, 0.25) is 0 Å². The number of hydrogen-bond donors (Lipinski definition) is 1. The minimum Gasteiger partial charge on any atom is -0.342 e. The lowest BCUT2D eigenvalue weighted by atomic mass is 9.99. The van der Waals surface area contributed by atoms with Gasteiger partial charge in [0.1, 0.15) is 24.5 Å². The maximum atomic E-state index is 14.7. The summed E-state index contributed by atoms with van der Waals surface area (Å²) in [6.45, 7) is 4.48. The number of rotatable bonds is 8. The molecule has 1 fully saturated rings. The van der Waals surface area contributed by atoms with Gasteiger partial charge in [0, 0.05) is 17.7 Å². The number of nitrogens with one attached hydrogen (secondary N) is 1. The Morgan fingerprint density at radius 3 is 2.42 bits per heavy atom. The van der Waals surface area contributed by atoms with E-state index in [0.717, 1.165) is 9.58 Å². The van der Waals surface area contributed by atoms with Crippen LogP contribution in [-0.4, -0.2) is 50.2 Å². The number of hydrogen-bond acceptors (Lipinski definition) is 4. The van der Waals surface area contributed by atoms with E-state index < -0.39 is 54.7 Å². The molecule has 0 unspecified atom stereocenters. The molecule has 0 radical (unpaired) electrons. The van der Waals surface area contributed by atoms with E-state index in [9.17, 15) is 27.2 Å². The van der Waals surface area contributed by atoms with Crippen molar-refractivity contribution in [3.8, 4) is 0 Å². The third kappa shape index (κ3) is 5.87. The van der Waals surface area contributed by atoms with Crippen molar-refractivity contribution in [1.29, 1.82) is 0 Å². The van der Waals surface area contributed by atoms with Crippen molar-refractivity contribution >= 4 is 11.8 Å². The second-order valence-electron chi connectivity index (χ2n) is 9.69. The molecule has 1 N–H and O–H groups in total. The van der Waals surface area contributed by atoms with Gasteiger partial charge in [-0.2, -0.15) is 9.49 Å². The van der Waals surface area contributed by atoms with Crippen LogP contribution >= 0.6 is 0 Å². The maximum absolute atomic E-state index is 14.7. The summed E-state index contributed by atoms with van der Waals surface area (Å²) in [6.07, 6.45) is -4.47. The Bertz CT molecular complexity index is 1300. The van der Waals surface area contributed by atoms with Gasteiger partial charge in [-0.25, -0.2) is 18.2 Å². The van der Waals surface area contributed by atoms with Crippen LogP contribution in [0.1, 0.15) is 66.9 Å². The van der Waals surface area contributed by atoms with E-state index in [1.54, 1.807) is 42.5 Å². The quantitative estimate of drug-likeness (QED) is 0.340. The number of alkyl halides is 3. The number of nitrogens with zero attached hydrogens (tertiary/aromatic N) is 4. The second-order valence-corrected chi connectivity index (χ2v) is 9.69. The molecule has 3 heterocycles. The highest BCUT2D eigenvalue weighted by Gasteiger charge is 2.41. The Hall–Kier alpha value is -3.76. The number of aromatic nitrogens is 3. The summed E-state index contributed by atoms with van der Waals surface area (Å²) in [7, 11) is 0. The van der Waals surface area contributed by atoms with Gasteiger partial charge >= 0.3 is 0 Å². The van der Waals surface area contributed by atoms with Gasteiger partial charge in [0.2, 0.25) is 17.8 Å². The topological polar surface area (TPSA) is 80.1 Å². The molecule has 2 amide bonds. The molecule has 3 aromatic rings. The van der Waals surface area contributed by atoms with E-state index in [0.29, 0.717) is 16.8 Å². The molecule has 1 aromatic carbocycles. The first kappa shape index (κ1) is 27.3. The van der Waals surface area contributed by atoms with Gasteiger partial charge in [-0.15, -0.1) is 0 Å². The summed E-state index contributed by atoms with van der Waals surface area (Å²) in [5.41, 5.74) is 1.19. The normalized spacial score (nSPS) is 18.3. The van der Waals surface area contributed by atoms with Crippen molar-refractivity contribution in [3.63, 3.8) is 0 Å². The predicted octanol–water partition coefficient (Wildman–Crippen LogP) is 4.63. The van der Waals surface area contributed by atoms with Crippen LogP contribution in [-0.2, 0) is 16.1 Å². The highest BCUT2D eigenvalue weighted by Crippen LogP contribution is 2.27. The summed E-state index contributed by atoms with van der Waals surface area (Å²) in [5, 5.41) is 6.56. The van der Waals surface area contributed by atoms with Crippen LogP contribution in [0.3, 0.4) is 0 Å². The first-order chi connectivity index (χ1) is 18.0. The molecule has 1 saturated heterocycles. The largest absolute Gasteiger partial charge is 0.342 e. The Morgan fingerprint density at radius 1 is 1.11 bits per heavy atom. The zero-order valence-corrected chi connectivity index (χ0v) is 21.2. The van der Waals surface area contributed by atoms with Crippen LogP contribution in [0.4, 0.5) is 17.6 Å². The lowest BCUT2D eigenvalue weighted by molar-refractivity contribution is -0.139. The van der Waals surface area contributed by atoms with E-state index in [4.69, 9.17) is 0 Å². The zero-order chi connectivity index (χ0) is 27.6. The van der Waals surface area contributed by atoms with E-state index in [2.05, 4.69) is 15.4 Å². The monoisotopic (exact) mass is 531 g/mol. The molecular weight excluding hydrogens is 502 g/mol. The number of pyridine rings is 1. The van der Waals surface area contributed by atoms with Gasteiger partial charge in [-0.1, -0.05) is 50.2 Å². The molecule has 11 heteroatoms. The van der Waals surface area contributed by atoms with Crippen molar-refractivity contribution in [2.45, 2.75) is 64.3 Å². The molecular formula is C27H29F4N5O2. The van der Waals surface area contributed by atoms with Crippen LogP contribution in [0, 0.1) is 12.9 Å². The lowest BCUT2D eigenvalue weighted by Crippen LogP contribution is -2.48. The standard InChI is InChI=1S/C27H29F4N5O2/c1-15(2)19-9-10-20(32-26(19)31)24(17-7-5-4-6-8-17)33-27(38)22-12-18(28)13-35(22)23(37)14-36-16(3)11-21(34-36)25(29)30/h4-11,15,18,22,24-25H,12-14H2,1-3H3,(H,33,38)/t18-,22+,24+/m1/s1. The van der Waals surface area contributed by atoms with Gasteiger partial charge in [0.25, 0.3) is 6.43 Å².